The van der Waals surface area contributed by atoms with E-state index in [0.29, 0.717) is 11.0 Å². The summed E-state index contributed by atoms with van der Waals surface area (Å²) in [5.74, 6) is -0.851. The van der Waals surface area contributed by atoms with Gasteiger partial charge in [-0.1, -0.05) is 12.8 Å². The van der Waals surface area contributed by atoms with E-state index in [2.05, 4.69) is 26.0 Å². The number of aliphatic imine (C=N–C) groups is 1. The van der Waals surface area contributed by atoms with Crippen molar-refractivity contribution < 1.29 is 13.2 Å². The fourth-order valence-corrected chi connectivity index (χ4v) is 4.14. The zero-order chi connectivity index (χ0) is 21.3. The molecular weight excluding hydrogens is 395 g/mol. The van der Waals surface area contributed by atoms with Gasteiger partial charge in [-0.15, -0.1) is 0 Å². The van der Waals surface area contributed by atoms with Gasteiger partial charge in [-0.3, -0.25) is 9.56 Å². The number of pyridine rings is 1. The summed E-state index contributed by atoms with van der Waals surface area (Å²) in [5.41, 5.74) is 6.58. The maximum atomic E-state index is 13.8. The smallest absolute Gasteiger partial charge is 0.403 e. The van der Waals surface area contributed by atoms with Crippen molar-refractivity contribution in [3.05, 3.63) is 30.5 Å². The highest BCUT2D eigenvalue weighted by atomic mass is 19.4. The summed E-state index contributed by atoms with van der Waals surface area (Å²) in [6, 6.07) is 3.50. The average molecular weight is 415 g/mol. The molecule has 0 amide bonds. The van der Waals surface area contributed by atoms with E-state index in [0.717, 1.165) is 36.5 Å². The Hall–Kier alpha value is -3.35. The summed E-state index contributed by atoms with van der Waals surface area (Å²) in [7, 11) is 0. The molecule has 3 aromatic heterocycles. The highest BCUT2D eigenvalue weighted by Gasteiger charge is 2.39. The van der Waals surface area contributed by atoms with Crippen molar-refractivity contribution >= 4 is 34.0 Å². The van der Waals surface area contributed by atoms with Gasteiger partial charge in [0.1, 0.15) is 11.2 Å². The molecule has 3 N–H and O–H groups in total. The van der Waals surface area contributed by atoms with Gasteiger partial charge in [-0.2, -0.15) is 18.4 Å². The fourth-order valence-electron chi connectivity index (χ4n) is 4.14. The van der Waals surface area contributed by atoms with Gasteiger partial charge in [0.05, 0.1) is 35.9 Å². The lowest BCUT2D eigenvalue weighted by Crippen LogP contribution is -2.18. The summed E-state index contributed by atoms with van der Waals surface area (Å²) in [4.78, 5) is 15.3. The van der Waals surface area contributed by atoms with Crippen LogP contribution in [0.1, 0.15) is 37.9 Å². The molecule has 0 aliphatic heterocycles. The molecule has 1 aliphatic carbocycles. The lowest BCUT2D eigenvalue weighted by Gasteiger charge is -2.17. The third-order valence-electron chi connectivity index (χ3n) is 5.53. The standard InChI is InChI=1S/C20H20F3N7/c21-20(22,23)19-29-16-11-28-18-14(6-8-26-18)17(16)30(19)13(9-25)10-27-15(5-7-24)12-3-1-2-4-12/h6,8-12,15H,1-5,25H2,(H,26,28). The molecule has 0 saturated heterocycles. The van der Waals surface area contributed by atoms with Crippen molar-refractivity contribution in [2.75, 3.05) is 0 Å². The Kier molecular flexibility index (Phi) is 5.20. The van der Waals surface area contributed by atoms with Crippen molar-refractivity contribution in [1.82, 2.24) is 19.5 Å². The van der Waals surface area contributed by atoms with E-state index >= 15 is 0 Å². The van der Waals surface area contributed by atoms with Crippen LogP contribution < -0.4 is 5.73 Å². The van der Waals surface area contributed by atoms with Crippen molar-refractivity contribution in [2.45, 2.75) is 44.3 Å². The largest absolute Gasteiger partial charge is 0.450 e. The number of alkyl halides is 3. The van der Waals surface area contributed by atoms with Crippen LogP contribution in [0.4, 0.5) is 13.2 Å². The second-order valence-electron chi connectivity index (χ2n) is 7.34. The van der Waals surface area contributed by atoms with Crippen molar-refractivity contribution in [3.8, 4) is 6.07 Å². The lowest BCUT2D eigenvalue weighted by atomic mass is 9.96. The second-order valence-corrected chi connectivity index (χ2v) is 7.34. The van der Waals surface area contributed by atoms with Crippen LogP contribution in [0.25, 0.3) is 27.8 Å². The van der Waals surface area contributed by atoms with Crippen LogP contribution in [0.15, 0.2) is 29.7 Å². The summed E-state index contributed by atoms with van der Waals surface area (Å²) in [6.45, 7) is 0. The van der Waals surface area contributed by atoms with Crippen molar-refractivity contribution in [1.29, 1.82) is 5.26 Å². The third kappa shape index (κ3) is 3.51. The molecule has 7 nitrogen and oxygen atoms in total. The van der Waals surface area contributed by atoms with Gasteiger partial charge in [-0.05, 0) is 24.8 Å². The molecule has 0 radical (unpaired) electrons. The number of halogens is 3. The Morgan fingerprint density at radius 2 is 2.20 bits per heavy atom. The number of nitrogens with one attached hydrogen (secondary N) is 1. The fraction of sp³-hybridized carbons (Fsp3) is 0.400. The number of aromatic amines is 1. The third-order valence-corrected chi connectivity index (χ3v) is 5.53. The van der Waals surface area contributed by atoms with Crippen LogP contribution in [-0.4, -0.2) is 31.8 Å². The van der Waals surface area contributed by atoms with Gasteiger partial charge < -0.3 is 10.7 Å². The van der Waals surface area contributed by atoms with Gasteiger partial charge in [0, 0.05) is 24.0 Å². The Morgan fingerprint density at radius 1 is 1.43 bits per heavy atom. The van der Waals surface area contributed by atoms with Gasteiger partial charge >= 0.3 is 6.18 Å². The van der Waals surface area contributed by atoms with Crippen LogP contribution in [0, 0.1) is 17.2 Å². The van der Waals surface area contributed by atoms with Crippen LogP contribution in [0.5, 0.6) is 0 Å². The molecule has 1 atom stereocenters. The summed E-state index contributed by atoms with van der Waals surface area (Å²) in [6.07, 6.45) is 4.88. The molecule has 1 saturated carbocycles. The monoisotopic (exact) mass is 415 g/mol. The molecule has 30 heavy (non-hydrogen) atoms. The quantitative estimate of drug-likeness (QED) is 0.608. The van der Waals surface area contributed by atoms with Gasteiger partial charge in [0.25, 0.3) is 0 Å². The van der Waals surface area contributed by atoms with E-state index in [1.165, 1.54) is 12.4 Å². The second kappa shape index (κ2) is 7.82. The Morgan fingerprint density at radius 3 is 2.87 bits per heavy atom. The Labute approximate surface area is 170 Å². The minimum atomic E-state index is -4.71. The lowest BCUT2D eigenvalue weighted by molar-refractivity contribution is -0.145. The first-order valence-electron chi connectivity index (χ1n) is 9.68. The number of nitrogens with two attached hydrogens (primary N) is 1. The van der Waals surface area contributed by atoms with Crippen LogP contribution in [-0.2, 0) is 6.18 Å². The highest BCUT2D eigenvalue weighted by molar-refractivity contribution is 6.09. The van der Waals surface area contributed by atoms with Gasteiger partial charge in [0.2, 0.25) is 5.82 Å². The molecule has 0 bridgehead atoms. The summed E-state index contributed by atoms with van der Waals surface area (Å²) in [5, 5.41) is 9.65. The molecule has 0 aromatic carbocycles. The first-order chi connectivity index (χ1) is 14.4. The van der Waals surface area contributed by atoms with Crippen LogP contribution in [0.2, 0.25) is 0 Å². The topological polar surface area (TPSA) is 109 Å². The van der Waals surface area contributed by atoms with Crippen LogP contribution >= 0.6 is 0 Å². The number of hydrogen-bond acceptors (Lipinski definition) is 5. The molecule has 3 aromatic rings. The Bertz CT molecular complexity index is 1160. The summed E-state index contributed by atoms with van der Waals surface area (Å²) >= 11 is 0. The minimum absolute atomic E-state index is 0.0412. The minimum Gasteiger partial charge on any atom is -0.403 e. The predicted molar refractivity (Wildman–Crippen MR) is 107 cm³/mol. The number of rotatable bonds is 5. The molecular formula is C20H20F3N7. The van der Waals surface area contributed by atoms with Crippen molar-refractivity contribution in [3.63, 3.8) is 0 Å². The molecule has 1 fully saturated rings. The number of fused-ring (bicyclic) bond motifs is 3. The van der Waals surface area contributed by atoms with Gasteiger partial charge in [-0.25, -0.2) is 9.97 Å². The summed E-state index contributed by atoms with van der Waals surface area (Å²) < 4.78 is 42.4. The average Bonchev–Trinajstić information content (AvgIpc) is 3.45. The van der Waals surface area contributed by atoms with E-state index in [4.69, 9.17) is 11.0 Å². The van der Waals surface area contributed by atoms with E-state index in [1.54, 1.807) is 12.3 Å². The molecule has 0 spiro atoms. The normalized spacial score (nSPS) is 17.3. The number of imidazole rings is 1. The molecule has 156 valence electrons. The highest BCUT2D eigenvalue weighted by Crippen LogP contribution is 2.36. The molecule has 1 aliphatic rings. The van der Waals surface area contributed by atoms with E-state index in [9.17, 15) is 13.2 Å². The number of allylic oxidation sites excluding steroid dienone is 1. The number of aromatic nitrogens is 4. The number of nitriles is 1. The van der Waals surface area contributed by atoms with Gasteiger partial charge in [0.15, 0.2) is 0 Å². The zero-order valence-electron chi connectivity index (χ0n) is 16.0. The predicted octanol–water partition coefficient (Wildman–Crippen LogP) is 4.23. The zero-order valence-corrected chi connectivity index (χ0v) is 16.0. The Balaban J connectivity index is 1.85. The SMILES string of the molecule is N#CCC(N=CC(=CN)n1c(C(F)(F)F)nc2cnc3[nH]ccc3c21)C1CCCC1. The van der Waals surface area contributed by atoms with Crippen LogP contribution in [0.3, 0.4) is 0 Å². The molecule has 3 heterocycles. The van der Waals surface area contributed by atoms with E-state index in [-0.39, 0.29) is 35.1 Å². The number of hydrogen-bond donors (Lipinski definition) is 2. The van der Waals surface area contributed by atoms with E-state index in [1.807, 2.05) is 0 Å². The van der Waals surface area contributed by atoms with E-state index < -0.39 is 12.0 Å². The van der Waals surface area contributed by atoms with Crippen molar-refractivity contribution in [2.24, 2.45) is 16.6 Å². The molecule has 4 rings (SSSR count). The molecule has 10 heteroatoms. The first kappa shape index (κ1) is 19.9. The maximum absolute atomic E-state index is 13.8. The number of H-pyrrole nitrogens is 1. The number of nitrogens with zero attached hydrogens (tertiary/aromatic N) is 5. The maximum Gasteiger partial charge on any atom is 0.450 e. The molecule has 1 unspecified atom stereocenters. The first-order valence-corrected chi connectivity index (χ1v) is 9.68.